The molecular formula is C16H20O5. The Kier molecular flexibility index (Phi) is 1.85. The van der Waals surface area contributed by atoms with Crippen LogP contribution >= 0.6 is 0 Å². The van der Waals surface area contributed by atoms with E-state index in [1.165, 1.54) is 0 Å². The second kappa shape index (κ2) is 3.07. The van der Waals surface area contributed by atoms with E-state index in [1.54, 1.807) is 7.11 Å². The van der Waals surface area contributed by atoms with Gasteiger partial charge in [0.25, 0.3) is 0 Å². The summed E-state index contributed by atoms with van der Waals surface area (Å²) in [5.74, 6) is -0.958. The van der Waals surface area contributed by atoms with E-state index in [-0.39, 0.29) is 34.8 Å². The summed E-state index contributed by atoms with van der Waals surface area (Å²) < 4.78 is 23.7. The van der Waals surface area contributed by atoms with Crippen LogP contribution in [0.15, 0.2) is 11.1 Å². The van der Waals surface area contributed by atoms with Crippen LogP contribution in [-0.4, -0.2) is 41.8 Å². The molecule has 0 radical (unpaired) electrons. The number of fused-ring (bicyclic) bond motifs is 1. The molecule has 6 atom stereocenters. The van der Waals surface area contributed by atoms with Crippen molar-refractivity contribution in [2.24, 2.45) is 5.92 Å². The molecule has 0 bridgehead atoms. The number of rotatable bonds is 1. The normalized spacial score (nSPS) is 59.7. The first-order chi connectivity index (χ1) is 9.84. The number of hydrogen-bond acceptors (Lipinski definition) is 5. The van der Waals surface area contributed by atoms with Gasteiger partial charge in [-0.25, -0.2) is 4.79 Å². The van der Waals surface area contributed by atoms with Gasteiger partial charge in [-0.1, -0.05) is 6.92 Å². The summed E-state index contributed by atoms with van der Waals surface area (Å²) in [6.45, 7) is 6.17. The predicted molar refractivity (Wildman–Crippen MR) is 71.4 cm³/mol. The molecule has 2 aliphatic carbocycles. The summed E-state index contributed by atoms with van der Waals surface area (Å²) in [7, 11) is 1.62. The number of epoxide rings is 2. The van der Waals surface area contributed by atoms with Gasteiger partial charge >= 0.3 is 5.97 Å². The molecule has 114 valence electrons. The minimum atomic E-state index is -0.919. The van der Waals surface area contributed by atoms with Crippen LogP contribution in [0, 0.1) is 5.92 Å². The Bertz CT molecular complexity index is 626. The number of methoxy groups -OCH3 is 1. The van der Waals surface area contributed by atoms with E-state index >= 15 is 0 Å². The van der Waals surface area contributed by atoms with Gasteiger partial charge in [-0.3, -0.25) is 0 Å². The van der Waals surface area contributed by atoms with Gasteiger partial charge < -0.3 is 18.9 Å². The van der Waals surface area contributed by atoms with Gasteiger partial charge in [0.15, 0.2) is 0 Å². The van der Waals surface area contributed by atoms with Gasteiger partial charge in [0.1, 0.15) is 16.8 Å². The second-order valence-electron chi connectivity index (χ2n) is 7.50. The van der Waals surface area contributed by atoms with E-state index in [1.807, 2.05) is 6.92 Å². The number of esters is 1. The largest absolute Gasteiger partial charge is 0.426 e. The molecule has 0 amide bonds. The first kappa shape index (κ1) is 12.6. The highest BCUT2D eigenvalue weighted by atomic mass is 16.7. The summed E-state index contributed by atoms with van der Waals surface area (Å²) in [5, 5.41) is 0. The van der Waals surface area contributed by atoms with Gasteiger partial charge in [-0.2, -0.15) is 0 Å². The van der Waals surface area contributed by atoms with Crippen LogP contribution in [0.5, 0.6) is 0 Å². The lowest BCUT2D eigenvalue weighted by Crippen LogP contribution is -2.41. The van der Waals surface area contributed by atoms with Crippen molar-refractivity contribution in [3.05, 3.63) is 11.1 Å². The molecular weight excluding hydrogens is 272 g/mol. The molecule has 0 aromatic rings. The number of ether oxygens (including phenoxy) is 4. The van der Waals surface area contributed by atoms with E-state index in [0.717, 1.165) is 12.0 Å². The van der Waals surface area contributed by atoms with Crippen LogP contribution in [0.3, 0.4) is 0 Å². The second-order valence-corrected chi connectivity index (χ2v) is 7.50. The molecule has 5 rings (SSSR count). The highest BCUT2D eigenvalue weighted by Gasteiger charge is 2.93. The Labute approximate surface area is 123 Å². The Morgan fingerprint density at radius 1 is 1.33 bits per heavy atom. The Morgan fingerprint density at radius 2 is 2.10 bits per heavy atom. The summed E-state index contributed by atoms with van der Waals surface area (Å²) in [6, 6.07) is 0. The van der Waals surface area contributed by atoms with Crippen molar-refractivity contribution >= 4 is 5.97 Å². The lowest BCUT2D eigenvalue weighted by atomic mass is 9.78. The SMILES string of the molecule is CO[C@]12C[C@H](C)[C@]34O[C@H]3C[C@@]3(C)O[C@@]43CC1=C(C)C(=O)O2. The van der Waals surface area contributed by atoms with Gasteiger partial charge in [0.2, 0.25) is 5.79 Å². The molecule has 2 spiro atoms. The molecule has 5 aliphatic rings. The highest BCUT2D eigenvalue weighted by molar-refractivity contribution is 5.92. The molecule has 0 aromatic heterocycles. The molecule has 21 heavy (non-hydrogen) atoms. The van der Waals surface area contributed by atoms with Gasteiger partial charge in [0, 0.05) is 37.5 Å². The van der Waals surface area contributed by atoms with Crippen molar-refractivity contribution in [2.45, 2.75) is 68.7 Å². The topological polar surface area (TPSA) is 60.6 Å². The minimum absolute atomic E-state index is 0.118. The van der Waals surface area contributed by atoms with E-state index in [4.69, 9.17) is 18.9 Å². The van der Waals surface area contributed by atoms with E-state index in [0.29, 0.717) is 18.4 Å². The van der Waals surface area contributed by atoms with Crippen LogP contribution < -0.4 is 0 Å². The predicted octanol–water partition coefficient (Wildman–Crippen LogP) is 1.70. The van der Waals surface area contributed by atoms with Gasteiger partial charge in [-0.15, -0.1) is 0 Å². The lowest BCUT2D eigenvalue weighted by Gasteiger charge is -2.30. The average molecular weight is 292 g/mol. The Hall–Kier alpha value is -0.910. The van der Waals surface area contributed by atoms with Crippen molar-refractivity contribution in [1.29, 1.82) is 0 Å². The van der Waals surface area contributed by atoms with E-state index < -0.39 is 5.79 Å². The Balaban J connectivity index is 1.70. The molecule has 5 heteroatoms. The summed E-state index contributed by atoms with van der Waals surface area (Å²) in [5.41, 5.74) is 1.01. The van der Waals surface area contributed by atoms with Crippen molar-refractivity contribution in [3.8, 4) is 0 Å². The quantitative estimate of drug-likeness (QED) is 0.544. The van der Waals surface area contributed by atoms with Crippen LogP contribution in [0.4, 0.5) is 0 Å². The average Bonchev–Trinajstić information content (AvgIpc) is 3.26. The maximum Gasteiger partial charge on any atom is 0.336 e. The fourth-order valence-corrected chi connectivity index (χ4v) is 5.54. The van der Waals surface area contributed by atoms with E-state index in [9.17, 15) is 4.79 Å². The molecule has 3 aliphatic heterocycles. The van der Waals surface area contributed by atoms with Crippen LogP contribution in [0.25, 0.3) is 0 Å². The lowest BCUT2D eigenvalue weighted by molar-refractivity contribution is -0.198. The fourth-order valence-electron chi connectivity index (χ4n) is 5.54. The maximum absolute atomic E-state index is 12.1. The zero-order valence-electron chi connectivity index (χ0n) is 12.8. The van der Waals surface area contributed by atoms with Crippen molar-refractivity contribution in [3.63, 3.8) is 0 Å². The summed E-state index contributed by atoms with van der Waals surface area (Å²) >= 11 is 0. The number of carbonyl (C=O) groups is 1. The van der Waals surface area contributed by atoms with Crippen molar-refractivity contribution in [1.82, 2.24) is 0 Å². The fraction of sp³-hybridized carbons (Fsp3) is 0.812. The van der Waals surface area contributed by atoms with Gasteiger partial charge in [-0.05, 0) is 19.8 Å². The third kappa shape index (κ3) is 1.04. The molecule has 5 nitrogen and oxygen atoms in total. The van der Waals surface area contributed by atoms with Crippen molar-refractivity contribution in [2.75, 3.05) is 7.11 Å². The monoisotopic (exact) mass is 292 g/mol. The standard InChI is InChI=1S/C16H20O5/c1-8-5-14(18-4)10(9(2)12(17)20-14)6-15-13(3,21-15)7-11-16(8,15)19-11/h8,11H,5-7H2,1-4H3/t8-,11-,13+,14-,15+,16-/m0/s1. The smallest absolute Gasteiger partial charge is 0.336 e. The first-order valence-electron chi connectivity index (χ1n) is 7.71. The summed E-state index contributed by atoms with van der Waals surface area (Å²) in [6.07, 6.45) is 2.56. The summed E-state index contributed by atoms with van der Waals surface area (Å²) in [4.78, 5) is 12.1. The first-order valence-corrected chi connectivity index (χ1v) is 7.71. The third-order valence-corrected chi connectivity index (χ3v) is 6.72. The Morgan fingerprint density at radius 3 is 2.81 bits per heavy atom. The molecule has 0 N–H and O–H groups in total. The molecule has 0 unspecified atom stereocenters. The molecule has 2 saturated carbocycles. The van der Waals surface area contributed by atoms with Crippen LogP contribution in [0.2, 0.25) is 0 Å². The number of hydrogen-bond donors (Lipinski definition) is 0. The third-order valence-electron chi connectivity index (χ3n) is 6.72. The van der Waals surface area contributed by atoms with Crippen LogP contribution in [-0.2, 0) is 23.7 Å². The molecule has 0 aromatic carbocycles. The van der Waals surface area contributed by atoms with Crippen molar-refractivity contribution < 1.29 is 23.7 Å². The number of carbonyl (C=O) groups excluding carboxylic acids is 1. The zero-order valence-corrected chi connectivity index (χ0v) is 12.8. The van der Waals surface area contributed by atoms with Gasteiger partial charge in [0.05, 0.1) is 6.10 Å². The molecule has 2 saturated heterocycles. The van der Waals surface area contributed by atoms with E-state index in [2.05, 4.69) is 13.8 Å². The zero-order chi connectivity index (χ0) is 14.8. The minimum Gasteiger partial charge on any atom is -0.426 e. The maximum atomic E-state index is 12.1. The highest BCUT2D eigenvalue weighted by Crippen LogP contribution is 2.79. The molecule has 4 fully saturated rings. The molecule has 3 heterocycles. The van der Waals surface area contributed by atoms with Crippen LogP contribution in [0.1, 0.15) is 40.0 Å².